The van der Waals surface area contributed by atoms with Crippen molar-refractivity contribution >= 4 is 21.6 Å². The van der Waals surface area contributed by atoms with Crippen LogP contribution in [0.15, 0.2) is 17.0 Å². The third-order valence-electron chi connectivity index (χ3n) is 2.77. The van der Waals surface area contributed by atoms with Crippen LogP contribution in [-0.4, -0.2) is 25.3 Å². The molecular formula is C12H18ClFN2O2S. The summed E-state index contributed by atoms with van der Waals surface area (Å²) in [7, 11) is -3.92. The minimum Gasteiger partial charge on any atom is -0.326 e. The van der Waals surface area contributed by atoms with Gasteiger partial charge in [-0.15, -0.1) is 0 Å². The van der Waals surface area contributed by atoms with Crippen molar-refractivity contribution in [3.8, 4) is 0 Å². The second-order valence-corrected chi connectivity index (χ2v) is 6.68. The topological polar surface area (TPSA) is 63.4 Å². The molecule has 1 rings (SSSR count). The van der Waals surface area contributed by atoms with Gasteiger partial charge in [0, 0.05) is 29.7 Å². The summed E-state index contributed by atoms with van der Waals surface area (Å²) in [5, 5.41) is 0.153. The summed E-state index contributed by atoms with van der Waals surface area (Å²) in [6.07, 6.45) is 0. The maximum Gasteiger partial charge on any atom is 0.246 e. The zero-order valence-electron chi connectivity index (χ0n) is 11.2. The van der Waals surface area contributed by atoms with Crippen LogP contribution in [0.5, 0.6) is 0 Å². The first-order valence-electron chi connectivity index (χ1n) is 5.95. The van der Waals surface area contributed by atoms with Gasteiger partial charge >= 0.3 is 0 Å². The molecule has 0 saturated heterocycles. The van der Waals surface area contributed by atoms with Crippen molar-refractivity contribution in [2.45, 2.75) is 38.3 Å². The van der Waals surface area contributed by atoms with E-state index in [0.29, 0.717) is 0 Å². The van der Waals surface area contributed by atoms with Crippen molar-refractivity contribution in [3.05, 3.63) is 28.5 Å². The quantitative estimate of drug-likeness (QED) is 0.908. The fourth-order valence-corrected chi connectivity index (χ4v) is 3.98. The first kappa shape index (κ1) is 16.4. The zero-order valence-corrected chi connectivity index (χ0v) is 12.7. The van der Waals surface area contributed by atoms with Gasteiger partial charge in [-0.1, -0.05) is 18.5 Å². The highest BCUT2D eigenvalue weighted by atomic mass is 35.5. The second kappa shape index (κ2) is 6.17. The molecule has 0 amide bonds. The van der Waals surface area contributed by atoms with Crippen molar-refractivity contribution < 1.29 is 12.8 Å². The molecule has 0 radical (unpaired) electrons. The molecule has 1 aromatic rings. The van der Waals surface area contributed by atoms with Crippen LogP contribution in [0, 0.1) is 5.82 Å². The largest absolute Gasteiger partial charge is 0.326 e. The van der Waals surface area contributed by atoms with Crippen molar-refractivity contribution in [1.82, 2.24) is 4.31 Å². The highest BCUT2D eigenvalue weighted by molar-refractivity contribution is 7.89. The van der Waals surface area contributed by atoms with Gasteiger partial charge in [0.25, 0.3) is 0 Å². The molecule has 0 heterocycles. The van der Waals surface area contributed by atoms with E-state index < -0.39 is 20.7 Å². The number of benzene rings is 1. The Morgan fingerprint density at radius 3 is 2.42 bits per heavy atom. The van der Waals surface area contributed by atoms with E-state index in [1.165, 1.54) is 10.4 Å². The third-order valence-corrected chi connectivity index (χ3v) is 5.14. The average Bonchev–Trinajstić information content (AvgIpc) is 2.31. The van der Waals surface area contributed by atoms with E-state index in [-0.39, 0.29) is 29.7 Å². The number of hydrogen-bond donors (Lipinski definition) is 1. The summed E-state index contributed by atoms with van der Waals surface area (Å²) in [6, 6.07) is 2.19. The average molecular weight is 309 g/mol. The van der Waals surface area contributed by atoms with Crippen LogP contribution in [0.25, 0.3) is 0 Å². The maximum absolute atomic E-state index is 14.2. The minimum absolute atomic E-state index is 0.0888. The lowest BCUT2D eigenvalue weighted by atomic mass is 10.2. The van der Waals surface area contributed by atoms with Crippen molar-refractivity contribution in [2.75, 3.05) is 6.54 Å². The molecular weight excluding hydrogens is 291 g/mol. The van der Waals surface area contributed by atoms with E-state index in [1.807, 2.05) is 0 Å². The first-order valence-corrected chi connectivity index (χ1v) is 7.77. The Morgan fingerprint density at radius 1 is 1.42 bits per heavy atom. The molecule has 0 bridgehead atoms. The SMILES string of the molecule is CCN(C(C)C)S(=O)(=O)c1cc(Cl)cc(CN)c1F. The van der Waals surface area contributed by atoms with E-state index in [4.69, 9.17) is 17.3 Å². The summed E-state index contributed by atoms with van der Waals surface area (Å²) >= 11 is 5.83. The molecule has 0 saturated carbocycles. The number of hydrogen-bond acceptors (Lipinski definition) is 3. The molecule has 0 fully saturated rings. The van der Waals surface area contributed by atoms with Gasteiger partial charge in [-0.3, -0.25) is 0 Å². The molecule has 0 aliphatic heterocycles. The molecule has 1 aromatic carbocycles. The van der Waals surface area contributed by atoms with Gasteiger partial charge < -0.3 is 5.73 Å². The summed E-state index contributed by atoms with van der Waals surface area (Å²) in [5.41, 5.74) is 5.48. The predicted molar refractivity (Wildman–Crippen MR) is 74.0 cm³/mol. The zero-order chi connectivity index (χ0) is 14.8. The van der Waals surface area contributed by atoms with Crippen LogP contribution < -0.4 is 5.73 Å². The standard InChI is InChI=1S/C12H18ClFN2O2S/c1-4-16(8(2)3)19(17,18)11-6-10(13)5-9(7-15)12(11)14/h5-6,8H,4,7,15H2,1-3H3. The van der Waals surface area contributed by atoms with Crippen LogP contribution in [-0.2, 0) is 16.6 Å². The van der Waals surface area contributed by atoms with Gasteiger partial charge in [0.1, 0.15) is 10.7 Å². The lowest BCUT2D eigenvalue weighted by Crippen LogP contribution is -2.37. The number of nitrogens with zero attached hydrogens (tertiary/aromatic N) is 1. The fourth-order valence-electron chi connectivity index (χ4n) is 1.89. The van der Waals surface area contributed by atoms with Crippen molar-refractivity contribution in [2.24, 2.45) is 5.73 Å². The molecule has 2 N–H and O–H groups in total. The van der Waals surface area contributed by atoms with Gasteiger partial charge in [0.2, 0.25) is 10.0 Å². The Labute approximate surface area is 118 Å². The second-order valence-electron chi connectivity index (χ2n) is 4.38. The molecule has 4 nitrogen and oxygen atoms in total. The van der Waals surface area contributed by atoms with Crippen LogP contribution in [0.4, 0.5) is 4.39 Å². The smallest absolute Gasteiger partial charge is 0.246 e. The Kier molecular flexibility index (Phi) is 5.32. The van der Waals surface area contributed by atoms with E-state index in [9.17, 15) is 12.8 Å². The summed E-state index contributed by atoms with van der Waals surface area (Å²) in [5.74, 6) is -0.828. The van der Waals surface area contributed by atoms with Crippen molar-refractivity contribution in [1.29, 1.82) is 0 Å². The molecule has 0 atom stereocenters. The third kappa shape index (κ3) is 3.25. The van der Waals surface area contributed by atoms with Crippen LogP contribution in [0.1, 0.15) is 26.3 Å². The van der Waals surface area contributed by atoms with E-state index in [2.05, 4.69) is 0 Å². The monoisotopic (exact) mass is 308 g/mol. The number of sulfonamides is 1. The van der Waals surface area contributed by atoms with E-state index >= 15 is 0 Å². The van der Waals surface area contributed by atoms with Crippen LogP contribution in [0.2, 0.25) is 5.02 Å². The highest BCUT2D eigenvalue weighted by Gasteiger charge is 2.29. The molecule has 0 aliphatic rings. The summed E-state index contributed by atoms with van der Waals surface area (Å²) in [6.45, 7) is 5.30. The molecule has 19 heavy (non-hydrogen) atoms. The Bertz CT molecular complexity index is 561. The van der Waals surface area contributed by atoms with Crippen LogP contribution in [0.3, 0.4) is 0 Å². The van der Waals surface area contributed by atoms with Crippen LogP contribution >= 0.6 is 11.6 Å². The number of halogens is 2. The van der Waals surface area contributed by atoms with E-state index in [0.717, 1.165) is 6.07 Å². The van der Waals surface area contributed by atoms with Gasteiger partial charge in [0.05, 0.1) is 0 Å². The lowest BCUT2D eigenvalue weighted by molar-refractivity contribution is 0.366. The maximum atomic E-state index is 14.2. The molecule has 0 spiro atoms. The van der Waals surface area contributed by atoms with Crippen molar-refractivity contribution in [3.63, 3.8) is 0 Å². The summed E-state index contributed by atoms with van der Waals surface area (Å²) < 4.78 is 40.2. The number of rotatable bonds is 5. The Morgan fingerprint density at radius 2 is 2.00 bits per heavy atom. The van der Waals surface area contributed by atoms with E-state index in [1.54, 1.807) is 20.8 Å². The lowest BCUT2D eigenvalue weighted by Gasteiger charge is -2.25. The first-order chi connectivity index (χ1) is 8.75. The Balaban J connectivity index is 3.48. The van der Waals surface area contributed by atoms with Gasteiger partial charge in [-0.05, 0) is 26.0 Å². The minimum atomic E-state index is -3.92. The molecule has 0 aliphatic carbocycles. The predicted octanol–water partition coefficient (Wildman–Crippen LogP) is 2.36. The van der Waals surface area contributed by atoms with Gasteiger partial charge in [-0.2, -0.15) is 4.31 Å². The fraction of sp³-hybridized carbons (Fsp3) is 0.500. The Hall–Kier alpha value is -0.690. The molecule has 0 unspecified atom stereocenters. The molecule has 108 valence electrons. The van der Waals surface area contributed by atoms with Gasteiger partial charge in [-0.25, -0.2) is 12.8 Å². The van der Waals surface area contributed by atoms with Gasteiger partial charge in [0.15, 0.2) is 0 Å². The molecule has 7 heteroatoms. The normalized spacial score (nSPS) is 12.4. The highest BCUT2D eigenvalue weighted by Crippen LogP contribution is 2.27. The summed E-state index contributed by atoms with van der Waals surface area (Å²) in [4.78, 5) is -0.420. The number of nitrogens with two attached hydrogens (primary N) is 1. The molecule has 0 aromatic heterocycles.